The smallest absolute Gasteiger partial charge is 0.234 e. The second-order valence-electron chi connectivity index (χ2n) is 8.90. The number of amides is 1. The van der Waals surface area contributed by atoms with Gasteiger partial charge in [0.15, 0.2) is 5.16 Å². The molecule has 0 spiro atoms. The van der Waals surface area contributed by atoms with Gasteiger partial charge in [0, 0.05) is 44.1 Å². The van der Waals surface area contributed by atoms with Crippen molar-refractivity contribution in [3.8, 4) is 5.69 Å². The van der Waals surface area contributed by atoms with Crippen LogP contribution >= 0.6 is 11.8 Å². The molecule has 0 atom stereocenters. The molecule has 1 aliphatic rings. The highest BCUT2D eigenvalue weighted by atomic mass is 32.2. The fraction of sp³-hybridized carbons (Fsp3) is 0.250. The molecule has 1 aromatic heterocycles. The summed E-state index contributed by atoms with van der Waals surface area (Å²) in [6.07, 6.45) is 1.68. The van der Waals surface area contributed by atoms with Gasteiger partial charge in [0.05, 0.1) is 11.4 Å². The number of carbonyl (C=O) groups excluding carboxylic acids is 1. The van der Waals surface area contributed by atoms with E-state index in [4.69, 9.17) is 0 Å². The molecular weight excluding hydrogens is 468 g/mol. The van der Waals surface area contributed by atoms with Crippen molar-refractivity contribution < 1.29 is 4.79 Å². The maximum absolute atomic E-state index is 12.6. The Balaban J connectivity index is 1.10. The number of rotatable bonds is 8. The van der Waals surface area contributed by atoms with Crippen LogP contribution in [-0.4, -0.2) is 57.5 Å². The average Bonchev–Trinajstić information content (AvgIpc) is 3.38. The highest BCUT2D eigenvalue weighted by Crippen LogP contribution is 2.23. The fourth-order valence-corrected chi connectivity index (χ4v) is 5.13. The van der Waals surface area contributed by atoms with Gasteiger partial charge < -0.3 is 10.2 Å². The average molecular weight is 499 g/mol. The molecule has 36 heavy (non-hydrogen) atoms. The first-order chi connectivity index (χ1) is 17.7. The predicted octanol–water partition coefficient (Wildman–Crippen LogP) is 4.63. The van der Waals surface area contributed by atoms with E-state index in [1.807, 2.05) is 47.9 Å². The monoisotopic (exact) mass is 498 g/mol. The van der Waals surface area contributed by atoms with Crippen LogP contribution < -0.4 is 10.2 Å². The minimum atomic E-state index is -0.0680. The lowest BCUT2D eigenvalue weighted by Crippen LogP contribution is -2.45. The zero-order valence-electron chi connectivity index (χ0n) is 20.4. The van der Waals surface area contributed by atoms with Crippen molar-refractivity contribution in [3.05, 3.63) is 96.3 Å². The number of hydrogen-bond acceptors (Lipinski definition) is 6. The first-order valence-electron chi connectivity index (χ1n) is 12.2. The first-order valence-corrected chi connectivity index (χ1v) is 13.1. The molecule has 1 aliphatic heterocycles. The number of aromatic nitrogens is 3. The molecule has 184 valence electrons. The van der Waals surface area contributed by atoms with Crippen molar-refractivity contribution in [2.24, 2.45) is 0 Å². The minimum absolute atomic E-state index is 0.0680. The number of benzene rings is 3. The van der Waals surface area contributed by atoms with Gasteiger partial charge in [-0.25, -0.2) is 0 Å². The summed E-state index contributed by atoms with van der Waals surface area (Å²) in [7, 11) is 0. The van der Waals surface area contributed by atoms with Crippen molar-refractivity contribution in [1.29, 1.82) is 0 Å². The second kappa shape index (κ2) is 11.4. The number of hydrogen-bond donors (Lipinski definition) is 1. The van der Waals surface area contributed by atoms with Crippen LogP contribution in [0.15, 0.2) is 90.3 Å². The predicted molar refractivity (Wildman–Crippen MR) is 146 cm³/mol. The molecule has 1 N–H and O–H groups in total. The van der Waals surface area contributed by atoms with Crippen molar-refractivity contribution in [2.75, 3.05) is 42.1 Å². The van der Waals surface area contributed by atoms with Crippen LogP contribution in [-0.2, 0) is 11.3 Å². The van der Waals surface area contributed by atoms with E-state index in [0.717, 1.165) is 49.7 Å². The molecule has 1 fully saturated rings. The van der Waals surface area contributed by atoms with Crippen molar-refractivity contribution in [2.45, 2.75) is 18.6 Å². The Morgan fingerprint density at radius 3 is 2.39 bits per heavy atom. The van der Waals surface area contributed by atoms with Crippen LogP contribution in [0.5, 0.6) is 0 Å². The van der Waals surface area contributed by atoms with Gasteiger partial charge >= 0.3 is 0 Å². The van der Waals surface area contributed by atoms with Gasteiger partial charge in [0.1, 0.15) is 6.33 Å². The number of piperazine rings is 1. The molecular formula is C28H30N6OS. The molecule has 5 rings (SSSR count). The van der Waals surface area contributed by atoms with E-state index < -0.39 is 0 Å². The van der Waals surface area contributed by atoms with Crippen LogP contribution in [0.2, 0.25) is 0 Å². The molecule has 4 aromatic rings. The highest BCUT2D eigenvalue weighted by molar-refractivity contribution is 7.99. The van der Waals surface area contributed by atoms with Gasteiger partial charge in [-0.1, -0.05) is 60.3 Å². The third-order valence-corrected chi connectivity index (χ3v) is 7.30. The molecule has 0 bridgehead atoms. The van der Waals surface area contributed by atoms with Crippen LogP contribution in [0.1, 0.15) is 11.1 Å². The molecule has 7 nitrogen and oxygen atoms in total. The Morgan fingerprint density at radius 1 is 0.917 bits per heavy atom. The summed E-state index contributed by atoms with van der Waals surface area (Å²) in [6, 6.07) is 26.8. The molecule has 2 heterocycles. The normalized spacial score (nSPS) is 14.1. The van der Waals surface area contributed by atoms with Crippen molar-refractivity contribution in [3.63, 3.8) is 0 Å². The van der Waals surface area contributed by atoms with Crippen molar-refractivity contribution in [1.82, 2.24) is 19.7 Å². The molecule has 0 radical (unpaired) electrons. The Bertz CT molecular complexity index is 1280. The molecule has 0 saturated carbocycles. The number of para-hydroxylation sites is 1. The van der Waals surface area contributed by atoms with Crippen LogP contribution in [0, 0.1) is 6.92 Å². The lowest BCUT2D eigenvalue weighted by Gasteiger charge is -2.36. The molecule has 0 unspecified atom stereocenters. The van der Waals surface area contributed by atoms with Gasteiger partial charge in [-0.3, -0.25) is 14.3 Å². The van der Waals surface area contributed by atoms with Crippen LogP contribution in [0.4, 0.5) is 11.4 Å². The lowest BCUT2D eigenvalue weighted by atomic mass is 10.2. The topological polar surface area (TPSA) is 66.3 Å². The van der Waals surface area contributed by atoms with Crippen molar-refractivity contribution >= 4 is 29.0 Å². The maximum atomic E-state index is 12.6. The summed E-state index contributed by atoms with van der Waals surface area (Å²) in [5, 5.41) is 11.9. The van der Waals surface area contributed by atoms with E-state index in [1.165, 1.54) is 23.0 Å². The third-order valence-electron chi connectivity index (χ3n) is 6.36. The highest BCUT2D eigenvalue weighted by Gasteiger charge is 2.17. The van der Waals surface area contributed by atoms with E-state index in [1.54, 1.807) is 6.33 Å². The standard InChI is InChI=1S/C28H30N6OS/c1-22-7-5-6-10-26(22)34-21-29-31-28(34)36-20-27(35)30-24-11-13-25(14-12-24)33-17-15-32(16-18-33)19-23-8-3-2-4-9-23/h2-14,21H,15-20H2,1H3,(H,30,35). The Labute approximate surface area is 216 Å². The molecule has 1 saturated heterocycles. The number of anilines is 2. The Hall–Kier alpha value is -3.62. The van der Waals surface area contributed by atoms with E-state index in [9.17, 15) is 4.79 Å². The van der Waals surface area contributed by atoms with Gasteiger partial charge in [0.2, 0.25) is 5.91 Å². The number of thioether (sulfide) groups is 1. The Morgan fingerprint density at radius 2 is 1.64 bits per heavy atom. The third kappa shape index (κ3) is 5.95. The SMILES string of the molecule is Cc1ccccc1-n1cnnc1SCC(=O)Nc1ccc(N2CCN(Cc3ccccc3)CC2)cc1. The van der Waals surface area contributed by atoms with Crippen LogP contribution in [0.25, 0.3) is 5.69 Å². The van der Waals surface area contributed by atoms with E-state index in [2.05, 4.69) is 67.8 Å². The number of aryl methyl sites for hydroxylation is 1. The van der Waals surface area contributed by atoms with Crippen LogP contribution in [0.3, 0.4) is 0 Å². The van der Waals surface area contributed by atoms with Gasteiger partial charge in [-0.05, 0) is 48.4 Å². The number of nitrogens with one attached hydrogen (secondary N) is 1. The van der Waals surface area contributed by atoms with Gasteiger partial charge in [-0.15, -0.1) is 10.2 Å². The van der Waals surface area contributed by atoms with Gasteiger partial charge in [-0.2, -0.15) is 0 Å². The molecule has 3 aromatic carbocycles. The molecule has 8 heteroatoms. The van der Waals surface area contributed by atoms with Gasteiger partial charge in [0.25, 0.3) is 0 Å². The Kier molecular flexibility index (Phi) is 7.64. The maximum Gasteiger partial charge on any atom is 0.234 e. The van der Waals surface area contributed by atoms with E-state index >= 15 is 0 Å². The zero-order valence-corrected chi connectivity index (χ0v) is 21.2. The quantitative estimate of drug-likeness (QED) is 0.358. The summed E-state index contributed by atoms with van der Waals surface area (Å²) in [4.78, 5) is 17.5. The molecule has 1 amide bonds. The summed E-state index contributed by atoms with van der Waals surface area (Å²) in [6.45, 7) is 7.12. The largest absolute Gasteiger partial charge is 0.369 e. The lowest BCUT2D eigenvalue weighted by molar-refractivity contribution is -0.113. The first kappa shape index (κ1) is 24.1. The van der Waals surface area contributed by atoms with E-state index in [0.29, 0.717) is 5.16 Å². The summed E-state index contributed by atoms with van der Waals surface area (Å²) < 4.78 is 1.92. The minimum Gasteiger partial charge on any atom is -0.369 e. The zero-order chi connectivity index (χ0) is 24.7. The summed E-state index contributed by atoms with van der Waals surface area (Å²) >= 11 is 1.38. The molecule has 0 aliphatic carbocycles. The number of nitrogens with zero attached hydrogens (tertiary/aromatic N) is 5. The van der Waals surface area contributed by atoms with E-state index in [-0.39, 0.29) is 11.7 Å². The fourth-order valence-electron chi connectivity index (χ4n) is 4.41. The summed E-state index contributed by atoms with van der Waals surface area (Å²) in [5.74, 6) is 0.192. The summed E-state index contributed by atoms with van der Waals surface area (Å²) in [5.41, 5.74) is 5.49. The second-order valence-corrected chi connectivity index (χ2v) is 9.85. The number of carbonyl (C=O) groups is 1.